The third kappa shape index (κ3) is 1.88. The summed E-state index contributed by atoms with van der Waals surface area (Å²) in [6.07, 6.45) is 0.798. The number of aryl methyl sites for hydroxylation is 1. The first-order valence-corrected chi connectivity index (χ1v) is 4.18. The summed E-state index contributed by atoms with van der Waals surface area (Å²) in [6, 6.07) is 0. The van der Waals surface area contributed by atoms with Crippen LogP contribution in [0.2, 0.25) is 0 Å². The van der Waals surface area contributed by atoms with Crippen molar-refractivity contribution in [3.05, 3.63) is 11.4 Å². The van der Waals surface area contributed by atoms with Crippen LogP contribution in [0.3, 0.4) is 0 Å². The van der Waals surface area contributed by atoms with E-state index < -0.39 is 0 Å². The predicted octanol–water partition coefficient (Wildman–Crippen LogP) is 1.36. The van der Waals surface area contributed by atoms with Crippen LogP contribution in [0.1, 0.15) is 18.3 Å². The molecule has 0 radical (unpaired) electrons. The first-order chi connectivity index (χ1) is 6.22. The summed E-state index contributed by atoms with van der Waals surface area (Å²) in [5, 5.41) is 0. The fourth-order valence-corrected chi connectivity index (χ4v) is 1.19. The van der Waals surface area contributed by atoms with E-state index in [1.165, 1.54) is 0 Å². The van der Waals surface area contributed by atoms with E-state index in [9.17, 15) is 0 Å². The lowest BCUT2D eigenvalue weighted by Gasteiger charge is -2.09. The van der Waals surface area contributed by atoms with Gasteiger partial charge in [-0.1, -0.05) is 6.92 Å². The molecular weight excluding hydrogens is 168 g/mol. The largest absolute Gasteiger partial charge is 0.481 e. The van der Waals surface area contributed by atoms with Crippen molar-refractivity contribution in [1.82, 2.24) is 9.97 Å². The summed E-state index contributed by atoms with van der Waals surface area (Å²) >= 11 is 0. The van der Waals surface area contributed by atoms with Gasteiger partial charge in [-0.05, 0) is 13.3 Å². The number of aromatic nitrogens is 2. The molecule has 1 rings (SSSR count). The Hall–Kier alpha value is -1.32. The molecule has 0 saturated heterocycles. The summed E-state index contributed by atoms with van der Waals surface area (Å²) < 4.78 is 10.3. The van der Waals surface area contributed by atoms with E-state index in [2.05, 4.69) is 9.97 Å². The molecule has 0 aromatic carbocycles. The van der Waals surface area contributed by atoms with E-state index in [0.29, 0.717) is 17.6 Å². The number of ether oxygens (including phenoxy) is 2. The fourth-order valence-electron chi connectivity index (χ4n) is 1.19. The molecule has 0 aliphatic heterocycles. The Morgan fingerprint density at radius 1 is 1.08 bits per heavy atom. The number of rotatable bonds is 3. The average molecular weight is 182 g/mol. The average Bonchev–Trinajstić information content (AvgIpc) is 2.16. The quantitative estimate of drug-likeness (QED) is 0.708. The van der Waals surface area contributed by atoms with E-state index in [4.69, 9.17) is 9.47 Å². The van der Waals surface area contributed by atoms with Gasteiger partial charge in [-0.2, -0.15) is 9.97 Å². The van der Waals surface area contributed by atoms with Crippen molar-refractivity contribution < 1.29 is 9.47 Å². The molecule has 0 aliphatic rings. The van der Waals surface area contributed by atoms with Gasteiger partial charge in [0.05, 0.1) is 19.8 Å². The maximum atomic E-state index is 5.13. The molecule has 1 heterocycles. The number of hydrogen-bond acceptors (Lipinski definition) is 4. The first kappa shape index (κ1) is 9.77. The van der Waals surface area contributed by atoms with Gasteiger partial charge < -0.3 is 9.47 Å². The van der Waals surface area contributed by atoms with Crippen LogP contribution in [0.4, 0.5) is 0 Å². The number of hydrogen-bond donors (Lipinski definition) is 0. The van der Waals surface area contributed by atoms with Gasteiger partial charge in [0.1, 0.15) is 5.82 Å². The Bertz CT molecular complexity index is 275. The molecule has 72 valence electrons. The fraction of sp³-hybridized carbons (Fsp3) is 0.556. The van der Waals surface area contributed by atoms with Crippen LogP contribution in [-0.2, 0) is 6.42 Å². The van der Waals surface area contributed by atoms with Crippen molar-refractivity contribution in [3.63, 3.8) is 0 Å². The zero-order valence-electron chi connectivity index (χ0n) is 8.42. The van der Waals surface area contributed by atoms with E-state index in [-0.39, 0.29) is 0 Å². The molecule has 1 aromatic heterocycles. The van der Waals surface area contributed by atoms with Gasteiger partial charge in [-0.15, -0.1) is 0 Å². The number of nitrogens with zero attached hydrogens (tertiary/aromatic N) is 2. The molecule has 0 saturated carbocycles. The lowest BCUT2D eigenvalue weighted by molar-refractivity contribution is 0.361. The van der Waals surface area contributed by atoms with E-state index >= 15 is 0 Å². The first-order valence-electron chi connectivity index (χ1n) is 4.18. The molecule has 0 spiro atoms. The highest BCUT2D eigenvalue weighted by Crippen LogP contribution is 2.24. The topological polar surface area (TPSA) is 44.2 Å². The molecule has 0 N–H and O–H groups in total. The van der Waals surface area contributed by atoms with Crippen molar-refractivity contribution >= 4 is 0 Å². The zero-order chi connectivity index (χ0) is 9.84. The van der Waals surface area contributed by atoms with E-state index in [0.717, 1.165) is 12.0 Å². The Labute approximate surface area is 77.9 Å². The van der Waals surface area contributed by atoms with Gasteiger partial charge in [-0.25, -0.2) is 0 Å². The summed E-state index contributed by atoms with van der Waals surface area (Å²) in [5.41, 5.74) is 0.913. The summed E-state index contributed by atoms with van der Waals surface area (Å²) in [6.45, 7) is 3.82. The molecule has 0 amide bonds. The molecule has 4 nitrogen and oxygen atoms in total. The maximum absolute atomic E-state index is 5.13. The van der Waals surface area contributed by atoms with Crippen LogP contribution < -0.4 is 9.47 Å². The van der Waals surface area contributed by atoms with E-state index in [1.54, 1.807) is 14.2 Å². The van der Waals surface area contributed by atoms with Gasteiger partial charge in [0, 0.05) is 0 Å². The monoisotopic (exact) mass is 182 g/mol. The maximum Gasteiger partial charge on any atom is 0.223 e. The molecule has 0 fully saturated rings. The van der Waals surface area contributed by atoms with Crippen LogP contribution in [0, 0.1) is 6.92 Å². The minimum Gasteiger partial charge on any atom is -0.481 e. The standard InChI is InChI=1S/C9H14N2O2/c1-5-7-8(12-3)10-6(2)11-9(7)13-4/h5H2,1-4H3. The molecular formula is C9H14N2O2. The van der Waals surface area contributed by atoms with Crippen molar-refractivity contribution in [2.24, 2.45) is 0 Å². The van der Waals surface area contributed by atoms with Gasteiger partial charge in [0.15, 0.2) is 0 Å². The number of methoxy groups -OCH3 is 2. The van der Waals surface area contributed by atoms with Crippen LogP contribution >= 0.6 is 0 Å². The highest BCUT2D eigenvalue weighted by molar-refractivity contribution is 5.35. The van der Waals surface area contributed by atoms with Crippen LogP contribution in [0.5, 0.6) is 11.8 Å². The van der Waals surface area contributed by atoms with Crippen LogP contribution in [0.15, 0.2) is 0 Å². The zero-order valence-corrected chi connectivity index (χ0v) is 8.42. The molecule has 1 aromatic rings. The lowest BCUT2D eigenvalue weighted by atomic mass is 10.2. The van der Waals surface area contributed by atoms with Crippen molar-refractivity contribution in [2.45, 2.75) is 20.3 Å². The second kappa shape index (κ2) is 4.07. The summed E-state index contributed by atoms with van der Waals surface area (Å²) in [5.74, 6) is 1.87. The van der Waals surface area contributed by atoms with Crippen LogP contribution in [0.25, 0.3) is 0 Å². The molecule has 0 atom stereocenters. The van der Waals surface area contributed by atoms with Gasteiger partial charge >= 0.3 is 0 Å². The normalized spacial score (nSPS) is 9.85. The minimum atomic E-state index is 0.604. The highest BCUT2D eigenvalue weighted by Gasteiger charge is 2.11. The third-order valence-electron chi connectivity index (χ3n) is 1.78. The molecule has 0 bridgehead atoms. The van der Waals surface area contributed by atoms with Crippen molar-refractivity contribution in [1.29, 1.82) is 0 Å². The van der Waals surface area contributed by atoms with Crippen LogP contribution in [-0.4, -0.2) is 24.2 Å². The second-order valence-corrected chi connectivity index (χ2v) is 2.62. The van der Waals surface area contributed by atoms with Crippen molar-refractivity contribution in [2.75, 3.05) is 14.2 Å². The Morgan fingerprint density at radius 3 is 1.85 bits per heavy atom. The highest BCUT2D eigenvalue weighted by atomic mass is 16.5. The van der Waals surface area contributed by atoms with E-state index in [1.807, 2.05) is 13.8 Å². The summed E-state index contributed by atoms with van der Waals surface area (Å²) in [7, 11) is 3.20. The van der Waals surface area contributed by atoms with Crippen molar-refractivity contribution in [3.8, 4) is 11.8 Å². The van der Waals surface area contributed by atoms with Gasteiger partial charge in [0.25, 0.3) is 0 Å². The molecule has 4 heteroatoms. The molecule has 13 heavy (non-hydrogen) atoms. The Kier molecular flexibility index (Phi) is 3.06. The molecule has 0 unspecified atom stereocenters. The smallest absolute Gasteiger partial charge is 0.223 e. The Balaban J connectivity index is 3.25. The molecule has 0 aliphatic carbocycles. The van der Waals surface area contributed by atoms with Gasteiger partial charge in [-0.3, -0.25) is 0 Å². The Morgan fingerprint density at radius 2 is 1.54 bits per heavy atom. The lowest BCUT2D eigenvalue weighted by Crippen LogP contribution is -2.02. The third-order valence-corrected chi connectivity index (χ3v) is 1.78. The SMILES string of the molecule is CCc1c(OC)nc(C)nc1OC. The predicted molar refractivity (Wildman–Crippen MR) is 49.3 cm³/mol. The second-order valence-electron chi connectivity index (χ2n) is 2.62. The van der Waals surface area contributed by atoms with Gasteiger partial charge in [0.2, 0.25) is 11.8 Å². The minimum absolute atomic E-state index is 0.604. The summed E-state index contributed by atoms with van der Waals surface area (Å²) in [4.78, 5) is 8.32.